The molecule has 1 fully saturated rings. The van der Waals surface area contributed by atoms with Gasteiger partial charge in [-0.2, -0.15) is 0 Å². The van der Waals surface area contributed by atoms with Crippen molar-refractivity contribution in [1.82, 2.24) is 0 Å². The van der Waals surface area contributed by atoms with E-state index in [0.29, 0.717) is 5.92 Å². The van der Waals surface area contributed by atoms with E-state index in [-0.39, 0.29) is 16.8 Å². The highest BCUT2D eigenvalue weighted by Gasteiger charge is 2.58. The molecule has 0 radical (unpaired) electrons. The van der Waals surface area contributed by atoms with Crippen LogP contribution in [0.3, 0.4) is 0 Å². The predicted molar refractivity (Wildman–Crippen MR) is 121 cm³/mol. The molecule has 1 aliphatic rings. The topological polar surface area (TPSA) is 26.3 Å². The fourth-order valence-corrected chi connectivity index (χ4v) is 4.24. The zero-order valence-corrected chi connectivity index (χ0v) is 19.3. The molecule has 2 aromatic rings. The van der Waals surface area contributed by atoms with Crippen LogP contribution in [0.25, 0.3) is 0 Å². The summed E-state index contributed by atoms with van der Waals surface area (Å²) in [6.45, 7) is 17.4. The third kappa shape index (κ3) is 4.42. The molecule has 1 aliphatic carbocycles. The average Bonchev–Trinajstić information content (AvgIpc) is 3.25. The van der Waals surface area contributed by atoms with Gasteiger partial charge in [0.25, 0.3) is 0 Å². The Hall–Kier alpha value is -2.09. The van der Waals surface area contributed by atoms with Crippen LogP contribution in [0.2, 0.25) is 0 Å². The maximum absolute atomic E-state index is 13.5. The van der Waals surface area contributed by atoms with Crippen molar-refractivity contribution in [2.75, 3.05) is 0 Å². The maximum Gasteiger partial charge on any atom is 0.318 e. The van der Waals surface area contributed by atoms with E-state index >= 15 is 0 Å². The standard InChI is InChI=1S/C27H36O2/c1-18-14-21(25(3,4)5)23(22(15-18)26(6,7)8)29-24(28)27(16-19(27)2)17-20-12-10-9-11-13-20/h9-15,19H,16-17H2,1-8H3. The first-order valence-electron chi connectivity index (χ1n) is 10.8. The third-order valence-electron chi connectivity index (χ3n) is 6.27. The SMILES string of the molecule is Cc1cc(C(C)(C)C)c(OC(=O)C2(Cc3ccccc3)CC2C)c(C(C)(C)C)c1. The highest BCUT2D eigenvalue weighted by molar-refractivity contribution is 5.84. The fourth-order valence-electron chi connectivity index (χ4n) is 4.24. The molecule has 0 spiro atoms. The van der Waals surface area contributed by atoms with Crippen LogP contribution >= 0.6 is 0 Å². The second-order valence-corrected chi connectivity index (χ2v) is 11.0. The van der Waals surface area contributed by atoms with E-state index in [1.165, 1.54) is 11.1 Å². The van der Waals surface area contributed by atoms with Gasteiger partial charge in [-0.1, -0.05) is 96.5 Å². The van der Waals surface area contributed by atoms with Crippen molar-refractivity contribution >= 4 is 5.97 Å². The Balaban J connectivity index is 2.01. The number of carbonyl (C=O) groups is 1. The Morgan fingerprint density at radius 2 is 1.48 bits per heavy atom. The summed E-state index contributed by atoms with van der Waals surface area (Å²) in [7, 11) is 0. The van der Waals surface area contributed by atoms with Crippen molar-refractivity contribution < 1.29 is 9.53 Å². The highest BCUT2D eigenvalue weighted by Crippen LogP contribution is 2.56. The fraction of sp³-hybridized carbons (Fsp3) is 0.519. The van der Waals surface area contributed by atoms with E-state index < -0.39 is 5.41 Å². The van der Waals surface area contributed by atoms with Gasteiger partial charge in [0.1, 0.15) is 5.75 Å². The summed E-state index contributed by atoms with van der Waals surface area (Å²) in [5, 5.41) is 0. The van der Waals surface area contributed by atoms with Gasteiger partial charge in [0, 0.05) is 11.1 Å². The summed E-state index contributed by atoms with van der Waals surface area (Å²) < 4.78 is 6.32. The minimum absolute atomic E-state index is 0.0753. The molecule has 0 bridgehead atoms. The molecule has 2 aromatic carbocycles. The first-order valence-corrected chi connectivity index (χ1v) is 10.8. The number of hydrogen-bond acceptors (Lipinski definition) is 2. The van der Waals surface area contributed by atoms with Crippen molar-refractivity contribution in [3.63, 3.8) is 0 Å². The Labute approximate surface area is 176 Å². The molecular weight excluding hydrogens is 356 g/mol. The second-order valence-electron chi connectivity index (χ2n) is 11.0. The molecule has 2 nitrogen and oxygen atoms in total. The van der Waals surface area contributed by atoms with E-state index in [9.17, 15) is 4.79 Å². The number of ether oxygens (including phenoxy) is 1. The number of aryl methyl sites for hydroxylation is 1. The van der Waals surface area contributed by atoms with E-state index in [1.54, 1.807) is 0 Å². The lowest BCUT2D eigenvalue weighted by Gasteiger charge is -2.30. The molecule has 2 atom stereocenters. The molecule has 2 unspecified atom stereocenters. The van der Waals surface area contributed by atoms with E-state index in [4.69, 9.17) is 4.74 Å². The van der Waals surface area contributed by atoms with Gasteiger partial charge < -0.3 is 4.74 Å². The van der Waals surface area contributed by atoms with Crippen molar-refractivity contribution in [3.05, 3.63) is 64.7 Å². The zero-order valence-electron chi connectivity index (χ0n) is 19.3. The van der Waals surface area contributed by atoms with Crippen molar-refractivity contribution in [2.45, 2.75) is 79.1 Å². The van der Waals surface area contributed by atoms with Gasteiger partial charge in [-0.3, -0.25) is 4.79 Å². The summed E-state index contributed by atoms with van der Waals surface area (Å²) in [6.07, 6.45) is 1.64. The van der Waals surface area contributed by atoms with Crippen molar-refractivity contribution in [1.29, 1.82) is 0 Å². The average molecular weight is 393 g/mol. The summed E-state index contributed by atoms with van der Waals surface area (Å²) in [6, 6.07) is 14.7. The molecule has 0 aromatic heterocycles. The molecule has 29 heavy (non-hydrogen) atoms. The van der Waals surface area contributed by atoms with E-state index in [1.807, 2.05) is 18.2 Å². The van der Waals surface area contributed by atoms with Crippen molar-refractivity contribution in [3.8, 4) is 5.75 Å². The number of esters is 1. The zero-order chi connectivity index (χ0) is 21.6. The molecule has 1 saturated carbocycles. The van der Waals surface area contributed by atoms with Gasteiger partial charge in [0.05, 0.1) is 5.41 Å². The monoisotopic (exact) mass is 392 g/mol. The molecular formula is C27H36O2. The van der Waals surface area contributed by atoms with Crippen LogP contribution in [0.4, 0.5) is 0 Å². The van der Waals surface area contributed by atoms with Gasteiger partial charge in [0.2, 0.25) is 0 Å². The molecule has 0 amide bonds. The quantitative estimate of drug-likeness (QED) is 0.424. The van der Waals surface area contributed by atoms with Gasteiger partial charge in [-0.25, -0.2) is 0 Å². The molecule has 0 N–H and O–H groups in total. The van der Waals surface area contributed by atoms with Crippen LogP contribution in [-0.4, -0.2) is 5.97 Å². The van der Waals surface area contributed by atoms with E-state index in [0.717, 1.165) is 29.7 Å². The number of carbonyl (C=O) groups excluding carboxylic acids is 1. The second kappa shape index (κ2) is 7.31. The Morgan fingerprint density at radius 1 is 1.00 bits per heavy atom. The first kappa shape index (κ1) is 21.6. The molecule has 0 heterocycles. The highest BCUT2D eigenvalue weighted by atomic mass is 16.5. The Kier molecular flexibility index (Phi) is 5.45. The maximum atomic E-state index is 13.5. The number of benzene rings is 2. The van der Waals surface area contributed by atoms with Crippen LogP contribution in [0.1, 0.15) is 77.1 Å². The Bertz CT molecular complexity index is 861. The van der Waals surface area contributed by atoms with Gasteiger partial charge in [-0.15, -0.1) is 0 Å². The Morgan fingerprint density at radius 3 is 1.90 bits per heavy atom. The van der Waals surface area contributed by atoms with Crippen LogP contribution in [0.15, 0.2) is 42.5 Å². The lowest BCUT2D eigenvalue weighted by molar-refractivity contribution is -0.141. The van der Waals surface area contributed by atoms with Gasteiger partial charge in [-0.05, 0) is 42.1 Å². The molecule has 3 rings (SSSR count). The predicted octanol–water partition coefficient (Wildman–Crippen LogP) is 6.76. The molecule has 2 heteroatoms. The lowest BCUT2D eigenvalue weighted by atomic mass is 9.78. The summed E-state index contributed by atoms with van der Waals surface area (Å²) in [4.78, 5) is 13.5. The summed E-state index contributed by atoms with van der Waals surface area (Å²) >= 11 is 0. The summed E-state index contributed by atoms with van der Waals surface area (Å²) in [5.74, 6) is 1.04. The molecule has 0 saturated heterocycles. The normalized spacial score (nSPS) is 21.7. The lowest BCUT2D eigenvalue weighted by Crippen LogP contribution is -2.29. The van der Waals surface area contributed by atoms with Crippen LogP contribution in [0.5, 0.6) is 5.75 Å². The summed E-state index contributed by atoms with van der Waals surface area (Å²) in [5.41, 5.74) is 4.00. The largest absolute Gasteiger partial charge is 0.425 e. The first-order chi connectivity index (χ1) is 13.3. The van der Waals surface area contributed by atoms with Crippen LogP contribution in [0, 0.1) is 18.3 Å². The molecule has 156 valence electrons. The smallest absolute Gasteiger partial charge is 0.318 e. The minimum atomic E-state index is -0.406. The van der Waals surface area contributed by atoms with E-state index in [2.05, 4.69) is 79.7 Å². The minimum Gasteiger partial charge on any atom is -0.425 e. The number of hydrogen-bond donors (Lipinski definition) is 0. The number of rotatable bonds is 4. The van der Waals surface area contributed by atoms with Gasteiger partial charge in [0.15, 0.2) is 0 Å². The van der Waals surface area contributed by atoms with Gasteiger partial charge >= 0.3 is 5.97 Å². The van der Waals surface area contributed by atoms with Crippen LogP contribution < -0.4 is 4.74 Å². The third-order valence-corrected chi connectivity index (χ3v) is 6.27. The molecule has 0 aliphatic heterocycles. The van der Waals surface area contributed by atoms with Crippen molar-refractivity contribution in [2.24, 2.45) is 11.3 Å². The van der Waals surface area contributed by atoms with Crippen LogP contribution in [-0.2, 0) is 22.0 Å².